The fourth-order valence-corrected chi connectivity index (χ4v) is 5.35. The first-order chi connectivity index (χ1) is 16.2. The normalized spacial score (nSPS) is 11.6. The highest BCUT2D eigenvalue weighted by atomic mass is 35.5. The van der Waals surface area contributed by atoms with Crippen LogP contribution in [0.5, 0.6) is 5.75 Å². The van der Waals surface area contributed by atoms with Gasteiger partial charge in [0.2, 0.25) is 10.0 Å². The monoisotopic (exact) mass is 534 g/mol. The first-order valence-electron chi connectivity index (χ1n) is 10.3. The van der Waals surface area contributed by atoms with E-state index in [9.17, 15) is 8.42 Å². The van der Waals surface area contributed by atoms with E-state index in [0.29, 0.717) is 20.8 Å². The molecule has 0 bridgehead atoms. The number of hydrogen-bond donors (Lipinski definition) is 1. The SMILES string of the molecule is COc1cccc(S(=O)(=O)NCc2cc(-c3ccc(Cl)cc3Cl)n(-c3ccc(Cl)cc3)c2C)c1. The summed E-state index contributed by atoms with van der Waals surface area (Å²) >= 11 is 18.7. The van der Waals surface area contributed by atoms with Crippen LogP contribution < -0.4 is 9.46 Å². The van der Waals surface area contributed by atoms with E-state index in [2.05, 4.69) is 4.72 Å². The van der Waals surface area contributed by atoms with Crippen molar-refractivity contribution < 1.29 is 13.2 Å². The van der Waals surface area contributed by atoms with Gasteiger partial charge in [0, 0.05) is 39.6 Å². The minimum Gasteiger partial charge on any atom is -0.497 e. The van der Waals surface area contributed by atoms with Crippen molar-refractivity contribution in [2.75, 3.05) is 7.11 Å². The average molecular weight is 536 g/mol. The van der Waals surface area contributed by atoms with Crippen LogP contribution in [0.25, 0.3) is 16.9 Å². The molecule has 176 valence electrons. The van der Waals surface area contributed by atoms with Crippen molar-refractivity contribution in [1.29, 1.82) is 0 Å². The molecule has 9 heteroatoms. The Labute approximate surface area is 213 Å². The fourth-order valence-electron chi connectivity index (χ4n) is 3.68. The molecule has 0 spiro atoms. The molecule has 0 fully saturated rings. The van der Waals surface area contributed by atoms with Crippen LogP contribution in [0, 0.1) is 6.92 Å². The Bertz CT molecular complexity index is 1450. The van der Waals surface area contributed by atoms with E-state index in [1.165, 1.54) is 19.2 Å². The highest BCUT2D eigenvalue weighted by molar-refractivity contribution is 7.89. The maximum atomic E-state index is 12.9. The molecular weight excluding hydrogens is 515 g/mol. The molecule has 0 aliphatic carbocycles. The lowest BCUT2D eigenvalue weighted by atomic mass is 10.1. The lowest BCUT2D eigenvalue weighted by molar-refractivity contribution is 0.413. The van der Waals surface area contributed by atoms with Gasteiger partial charge in [-0.15, -0.1) is 0 Å². The van der Waals surface area contributed by atoms with Crippen molar-refractivity contribution >= 4 is 44.8 Å². The largest absolute Gasteiger partial charge is 0.497 e. The molecule has 5 nitrogen and oxygen atoms in total. The molecule has 0 radical (unpaired) electrons. The van der Waals surface area contributed by atoms with Crippen LogP contribution in [-0.2, 0) is 16.6 Å². The standard InChI is InChI=1S/C25H21Cl3N2O3S/c1-16-17(15-29-34(31,32)22-5-3-4-21(14-22)33-2)12-25(23-11-8-19(27)13-24(23)28)30(16)20-9-6-18(26)7-10-20/h3-14,29H,15H2,1-2H3. The topological polar surface area (TPSA) is 60.3 Å². The lowest BCUT2D eigenvalue weighted by Gasteiger charge is -2.14. The maximum Gasteiger partial charge on any atom is 0.241 e. The van der Waals surface area contributed by atoms with Crippen molar-refractivity contribution in [2.24, 2.45) is 0 Å². The third-order valence-corrected chi connectivity index (χ3v) is 7.65. The van der Waals surface area contributed by atoms with Crippen LogP contribution in [0.2, 0.25) is 15.1 Å². The molecule has 34 heavy (non-hydrogen) atoms. The van der Waals surface area contributed by atoms with E-state index in [4.69, 9.17) is 39.5 Å². The number of methoxy groups -OCH3 is 1. The van der Waals surface area contributed by atoms with Crippen molar-refractivity contribution in [1.82, 2.24) is 9.29 Å². The van der Waals surface area contributed by atoms with Gasteiger partial charge in [-0.25, -0.2) is 13.1 Å². The van der Waals surface area contributed by atoms with E-state index in [0.717, 1.165) is 28.2 Å². The minimum atomic E-state index is -3.76. The van der Waals surface area contributed by atoms with E-state index in [1.807, 2.05) is 35.8 Å². The first-order valence-corrected chi connectivity index (χ1v) is 12.9. The molecule has 4 aromatic rings. The molecule has 1 N–H and O–H groups in total. The van der Waals surface area contributed by atoms with Gasteiger partial charge in [-0.2, -0.15) is 0 Å². The summed E-state index contributed by atoms with van der Waals surface area (Å²) in [5.41, 5.74) is 4.09. The molecule has 4 rings (SSSR count). The Balaban J connectivity index is 1.75. The Kier molecular flexibility index (Phi) is 7.26. The fraction of sp³-hybridized carbons (Fsp3) is 0.120. The van der Waals surface area contributed by atoms with Crippen LogP contribution in [0.4, 0.5) is 0 Å². The second-order valence-corrected chi connectivity index (χ2v) is 10.6. The summed E-state index contributed by atoms with van der Waals surface area (Å²) in [5, 5.41) is 1.64. The molecule has 3 aromatic carbocycles. The molecule has 0 aliphatic heterocycles. The third-order valence-electron chi connectivity index (χ3n) is 5.45. The first kappa shape index (κ1) is 24.6. The van der Waals surface area contributed by atoms with Crippen LogP contribution in [0.1, 0.15) is 11.3 Å². The number of nitrogens with zero attached hydrogens (tertiary/aromatic N) is 1. The van der Waals surface area contributed by atoms with Gasteiger partial charge >= 0.3 is 0 Å². The van der Waals surface area contributed by atoms with Crippen molar-refractivity contribution in [3.8, 4) is 22.7 Å². The highest BCUT2D eigenvalue weighted by Crippen LogP contribution is 2.35. The van der Waals surface area contributed by atoms with Crippen molar-refractivity contribution in [3.63, 3.8) is 0 Å². The van der Waals surface area contributed by atoms with E-state index in [-0.39, 0.29) is 11.4 Å². The summed E-state index contributed by atoms with van der Waals surface area (Å²) in [5.74, 6) is 0.465. The van der Waals surface area contributed by atoms with Crippen molar-refractivity contribution in [2.45, 2.75) is 18.4 Å². The highest BCUT2D eigenvalue weighted by Gasteiger charge is 2.20. The summed E-state index contributed by atoms with van der Waals surface area (Å²) < 4.78 is 35.7. The van der Waals surface area contributed by atoms with Crippen LogP contribution in [0.15, 0.2) is 77.7 Å². The van der Waals surface area contributed by atoms with Crippen LogP contribution >= 0.6 is 34.8 Å². The predicted octanol–water partition coefficient (Wildman–Crippen LogP) is 6.90. The van der Waals surface area contributed by atoms with Crippen LogP contribution in [-0.4, -0.2) is 20.1 Å². The number of halogens is 3. The summed E-state index contributed by atoms with van der Waals surface area (Å²) in [6.45, 7) is 2.02. The number of benzene rings is 3. The molecule has 0 amide bonds. The molecule has 0 unspecified atom stereocenters. The second-order valence-electron chi connectivity index (χ2n) is 7.58. The van der Waals surface area contributed by atoms with Crippen LogP contribution in [0.3, 0.4) is 0 Å². The zero-order chi connectivity index (χ0) is 24.5. The van der Waals surface area contributed by atoms with E-state index >= 15 is 0 Å². The summed E-state index contributed by atoms with van der Waals surface area (Å²) in [7, 11) is -2.27. The molecule has 0 aliphatic rings. The third kappa shape index (κ3) is 5.11. The van der Waals surface area contributed by atoms with Gasteiger partial charge in [-0.05, 0) is 73.2 Å². The Morgan fingerprint density at radius 3 is 2.29 bits per heavy atom. The molecule has 1 heterocycles. The van der Waals surface area contributed by atoms with Gasteiger partial charge in [-0.1, -0.05) is 40.9 Å². The van der Waals surface area contributed by atoms with Crippen molar-refractivity contribution in [3.05, 3.63) is 99.1 Å². The molecule has 0 atom stereocenters. The number of hydrogen-bond acceptors (Lipinski definition) is 3. The Hall–Kier alpha value is -2.48. The Morgan fingerprint density at radius 2 is 1.62 bits per heavy atom. The van der Waals surface area contributed by atoms with E-state index in [1.54, 1.807) is 36.4 Å². The summed E-state index contributed by atoms with van der Waals surface area (Å²) in [6, 6.07) is 20.9. The average Bonchev–Trinajstić information content (AvgIpc) is 3.14. The zero-order valence-corrected chi connectivity index (χ0v) is 21.4. The minimum absolute atomic E-state index is 0.0875. The second kappa shape index (κ2) is 10.0. The predicted molar refractivity (Wildman–Crippen MR) is 138 cm³/mol. The van der Waals surface area contributed by atoms with Gasteiger partial charge in [0.25, 0.3) is 0 Å². The summed E-state index contributed by atoms with van der Waals surface area (Å²) in [6.07, 6.45) is 0. The Morgan fingerprint density at radius 1 is 0.912 bits per heavy atom. The molecule has 1 aromatic heterocycles. The van der Waals surface area contributed by atoms with E-state index < -0.39 is 10.0 Å². The molecular formula is C25H21Cl3N2O3S. The summed E-state index contributed by atoms with van der Waals surface area (Å²) in [4.78, 5) is 0.127. The number of rotatable bonds is 7. The van der Waals surface area contributed by atoms with Gasteiger partial charge in [0.15, 0.2) is 0 Å². The number of sulfonamides is 1. The number of aromatic nitrogens is 1. The maximum absolute atomic E-state index is 12.9. The number of ether oxygens (including phenoxy) is 1. The quantitative estimate of drug-likeness (QED) is 0.280. The van der Waals surface area contributed by atoms with Gasteiger partial charge in [-0.3, -0.25) is 0 Å². The molecule has 0 saturated heterocycles. The lowest BCUT2D eigenvalue weighted by Crippen LogP contribution is -2.23. The van der Waals surface area contributed by atoms with Gasteiger partial charge in [0.05, 0.1) is 22.7 Å². The molecule has 0 saturated carbocycles. The smallest absolute Gasteiger partial charge is 0.241 e. The number of nitrogens with one attached hydrogen (secondary N) is 1. The van der Waals surface area contributed by atoms with Gasteiger partial charge in [0.1, 0.15) is 5.75 Å². The zero-order valence-electron chi connectivity index (χ0n) is 18.3. The van der Waals surface area contributed by atoms with Gasteiger partial charge < -0.3 is 9.30 Å².